The first-order valence-corrected chi connectivity index (χ1v) is 13.6. The van der Waals surface area contributed by atoms with Gasteiger partial charge in [-0.25, -0.2) is 18.6 Å². The van der Waals surface area contributed by atoms with Crippen LogP contribution in [0.2, 0.25) is 0 Å². The van der Waals surface area contributed by atoms with Crippen LogP contribution in [0.15, 0.2) is 35.5 Å². The van der Waals surface area contributed by atoms with Gasteiger partial charge in [-0.1, -0.05) is 0 Å². The molecule has 0 saturated carbocycles. The molecule has 2 atom stereocenters. The van der Waals surface area contributed by atoms with Gasteiger partial charge in [0.25, 0.3) is 0 Å². The number of halogens is 2. The molecule has 5 heterocycles. The molecule has 0 amide bonds. The second-order valence-electron chi connectivity index (χ2n) is 11.3. The average molecular weight is 559 g/mol. The number of benzene rings is 1. The molecule has 1 aromatic carbocycles. The van der Waals surface area contributed by atoms with Crippen LogP contribution in [0.1, 0.15) is 28.0 Å². The largest absolute Gasteiger partial charge is 0.477 e. The first-order chi connectivity index (χ1) is 19.7. The van der Waals surface area contributed by atoms with Crippen LogP contribution in [-0.2, 0) is 13.5 Å². The van der Waals surface area contributed by atoms with E-state index in [-0.39, 0.29) is 22.6 Å². The second kappa shape index (κ2) is 9.07. The number of likely N-dealkylation sites (tertiary alicyclic amines) is 1. The van der Waals surface area contributed by atoms with Crippen molar-refractivity contribution >= 4 is 28.4 Å². The number of hydrogen-bond acceptors (Lipinski definition) is 7. The van der Waals surface area contributed by atoms with Gasteiger partial charge in [0.2, 0.25) is 5.43 Å². The molecule has 2 aliphatic heterocycles. The lowest BCUT2D eigenvalue weighted by Crippen LogP contribution is -2.35. The van der Waals surface area contributed by atoms with Crippen LogP contribution in [0.3, 0.4) is 0 Å². The third kappa shape index (κ3) is 3.68. The lowest BCUT2D eigenvalue weighted by atomic mass is 9.96. The summed E-state index contributed by atoms with van der Waals surface area (Å²) in [4.78, 5) is 38.8. The lowest BCUT2D eigenvalue weighted by Gasteiger charge is -2.31. The molecule has 1 unspecified atom stereocenters. The molecule has 1 aliphatic carbocycles. The lowest BCUT2D eigenvalue weighted by molar-refractivity contribution is 0.0695. The van der Waals surface area contributed by atoms with Crippen molar-refractivity contribution in [1.29, 1.82) is 0 Å². The highest BCUT2D eigenvalue weighted by Crippen LogP contribution is 2.52. The summed E-state index contributed by atoms with van der Waals surface area (Å²) in [6, 6.07) is 2.99. The number of hydrogen-bond donors (Lipinski definition) is 2. The molecule has 9 nitrogen and oxygen atoms in total. The predicted octanol–water partition coefficient (Wildman–Crippen LogP) is 3.73. The molecule has 41 heavy (non-hydrogen) atoms. The predicted molar refractivity (Wildman–Crippen MR) is 152 cm³/mol. The Morgan fingerprint density at radius 2 is 1.93 bits per heavy atom. The second-order valence-corrected chi connectivity index (χ2v) is 11.3. The number of likely N-dealkylation sites (N-methyl/N-ethyl adjacent to an activating group) is 1. The number of carboxylic acids is 1. The molecule has 2 fully saturated rings. The number of aromatic nitrogens is 3. The number of pyridine rings is 3. The molecule has 3 aliphatic rings. The van der Waals surface area contributed by atoms with Crippen molar-refractivity contribution in [1.82, 2.24) is 19.4 Å². The Morgan fingerprint density at radius 3 is 2.68 bits per heavy atom. The Kier molecular flexibility index (Phi) is 5.66. The van der Waals surface area contributed by atoms with E-state index in [0.717, 1.165) is 31.7 Å². The fourth-order valence-corrected chi connectivity index (χ4v) is 7.06. The standard InChI is InChI=1S/C30H28F2N6O3/c1-33-21-8-20(31)26(32)24-16(21)7-22-25(24)27(38-5-4-14-11-36(2)13-23(14)38)18(10-34-22)15-6-17-28(39)19(30(40)41)12-37(3)29(17)35-9-15/h6,8-10,12,14,23,33H,4-5,7,11,13H2,1-3H3,(H,40,41)/t14-,23?/m0/s1. The number of nitrogens with one attached hydrogen (secondary N) is 1. The number of fused-ring (bicyclic) bond motifs is 5. The van der Waals surface area contributed by atoms with Gasteiger partial charge in [0, 0.05) is 98.8 Å². The number of anilines is 2. The molecular formula is C30H28F2N6O3. The number of carboxylic acid groups (broad SMARTS) is 1. The molecule has 210 valence electrons. The van der Waals surface area contributed by atoms with Crippen LogP contribution in [0.5, 0.6) is 0 Å². The maximum atomic E-state index is 15.7. The minimum absolute atomic E-state index is 0.159. The third-order valence-electron chi connectivity index (χ3n) is 8.89. The smallest absolute Gasteiger partial charge is 0.341 e. The van der Waals surface area contributed by atoms with Crippen LogP contribution in [-0.4, -0.2) is 70.3 Å². The zero-order chi connectivity index (χ0) is 28.7. The van der Waals surface area contributed by atoms with Gasteiger partial charge in [-0.05, 0) is 31.0 Å². The number of aromatic carboxylic acids is 1. The van der Waals surface area contributed by atoms with E-state index in [0.29, 0.717) is 51.6 Å². The van der Waals surface area contributed by atoms with Gasteiger partial charge in [0.15, 0.2) is 11.6 Å². The Bertz CT molecular complexity index is 1860. The van der Waals surface area contributed by atoms with Crippen molar-refractivity contribution < 1.29 is 18.7 Å². The van der Waals surface area contributed by atoms with Crippen LogP contribution < -0.4 is 15.6 Å². The van der Waals surface area contributed by atoms with Crippen LogP contribution >= 0.6 is 0 Å². The summed E-state index contributed by atoms with van der Waals surface area (Å²) in [5, 5.41) is 12.8. The van der Waals surface area contributed by atoms with Crippen LogP contribution in [0.4, 0.5) is 20.2 Å². The summed E-state index contributed by atoms with van der Waals surface area (Å²) in [5.74, 6) is -2.73. The summed E-state index contributed by atoms with van der Waals surface area (Å²) in [6.45, 7) is 2.53. The van der Waals surface area contributed by atoms with Gasteiger partial charge in [0.05, 0.1) is 16.8 Å². The number of carbonyl (C=O) groups is 1. The zero-order valence-corrected chi connectivity index (χ0v) is 22.8. The number of rotatable bonds is 4. The molecule has 3 aromatic heterocycles. The normalized spacial score (nSPS) is 19.5. The topological polar surface area (TPSA) is 104 Å². The van der Waals surface area contributed by atoms with E-state index < -0.39 is 23.0 Å². The van der Waals surface area contributed by atoms with Crippen molar-refractivity contribution in [3.63, 3.8) is 0 Å². The van der Waals surface area contributed by atoms with Crippen molar-refractivity contribution in [2.45, 2.75) is 18.9 Å². The molecule has 4 aromatic rings. The Labute approximate surface area is 234 Å². The first-order valence-electron chi connectivity index (χ1n) is 13.6. The molecule has 0 radical (unpaired) electrons. The van der Waals surface area contributed by atoms with Crippen molar-refractivity contribution in [2.24, 2.45) is 13.0 Å². The van der Waals surface area contributed by atoms with E-state index in [1.807, 2.05) is 0 Å². The van der Waals surface area contributed by atoms with Gasteiger partial charge in [-0.2, -0.15) is 0 Å². The van der Waals surface area contributed by atoms with E-state index in [2.05, 4.69) is 27.1 Å². The summed E-state index contributed by atoms with van der Waals surface area (Å²) in [7, 11) is 5.40. The summed E-state index contributed by atoms with van der Waals surface area (Å²) < 4.78 is 32.1. The van der Waals surface area contributed by atoms with Crippen molar-refractivity contribution in [3.05, 3.63) is 69.4 Å². The summed E-state index contributed by atoms with van der Waals surface area (Å²) in [6.07, 6.45) is 5.92. The van der Waals surface area contributed by atoms with Gasteiger partial charge in [-0.3, -0.25) is 9.78 Å². The molecule has 0 bridgehead atoms. The fraction of sp³-hybridized carbons (Fsp3) is 0.333. The monoisotopic (exact) mass is 558 g/mol. The van der Waals surface area contributed by atoms with Gasteiger partial charge >= 0.3 is 5.97 Å². The summed E-state index contributed by atoms with van der Waals surface area (Å²) >= 11 is 0. The summed E-state index contributed by atoms with van der Waals surface area (Å²) in [5.41, 5.74) is 3.90. The van der Waals surface area contributed by atoms with Crippen LogP contribution in [0.25, 0.3) is 33.3 Å². The quantitative estimate of drug-likeness (QED) is 0.344. The van der Waals surface area contributed by atoms with Gasteiger partial charge < -0.3 is 24.8 Å². The van der Waals surface area contributed by atoms with E-state index in [1.165, 1.54) is 16.8 Å². The molecule has 2 N–H and O–H groups in total. The average Bonchev–Trinajstić information content (AvgIpc) is 3.64. The minimum atomic E-state index is -1.32. The third-order valence-corrected chi connectivity index (χ3v) is 8.89. The molecule has 0 spiro atoms. The highest BCUT2D eigenvalue weighted by atomic mass is 19.2. The Morgan fingerprint density at radius 1 is 1.12 bits per heavy atom. The highest BCUT2D eigenvalue weighted by molar-refractivity contribution is 5.99. The van der Waals surface area contributed by atoms with E-state index >= 15 is 4.39 Å². The highest BCUT2D eigenvalue weighted by Gasteiger charge is 2.43. The maximum absolute atomic E-state index is 15.7. The fourth-order valence-electron chi connectivity index (χ4n) is 7.06. The molecule has 11 heteroatoms. The number of aryl methyl sites for hydroxylation is 1. The number of nitrogens with zero attached hydrogens (tertiary/aromatic N) is 5. The Hall–Kier alpha value is -4.38. The minimum Gasteiger partial charge on any atom is -0.477 e. The molecule has 2 saturated heterocycles. The Balaban J connectivity index is 1.52. The molecular weight excluding hydrogens is 530 g/mol. The van der Waals surface area contributed by atoms with Gasteiger partial charge in [-0.15, -0.1) is 0 Å². The first kappa shape index (κ1) is 25.6. The van der Waals surface area contributed by atoms with Crippen LogP contribution in [0, 0.1) is 17.6 Å². The van der Waals surface area contributed by atoms with Gasteiger partial charge in [0.1, 0.15) is 11.2 Å². The maximum Gasteiger partial charge on any atom is 0.341 e. The van der Waals surface area contributed by atoms with E-state index in [1.54, 1.807) is 32.6 Å². The van der Waals surface area contributed by atoms with E-state index in [4.69, 9.17) is 4.98 Å². The SMILES string of the molecule is CNc1cc(F)c(F)c2c1Cc1ncc(-c3cnc4c(c3)c(=O)c(C(=O)O)cn4C)c(N3CC[C@H]4CN(C)CC43)c1-2. The van der Waals surface area contributed by atoms with Crippen molar-refractivity contribution in [3.8, 4) is 22.3 Å². The zero-order valence-electron chi connectivity index (χ0n) is 22.8. The van der Waals surface area contributed by atoms with Crippen molar-refractivity contribution in [2.75, 3.05) is 43.9 Å². The molecule has 7 rings (SSSR count). The van der Waals surface area contributed by atoms with E-state index in [9.17, 15) is 19.1 Å².